The lowest BCUT2D eigenvalue weighted by atomic mass is 10.1. The largest absolute Gasteiger partial charge is 0.493 e. The smallest absolute Gasteiger partial charge is 0.224 e. The summed E-state index contributed by atoms with van der Waals surface area (Å²) in [7, 11) is 1.60. The molecule has 2 saturated heterocycles. The topological polar surface area (TPSA) is 89.1 Å². The standard InChI is InChI=1S/C27H31ClFN5O4/c1-36-24-16-23-20(27(31-17-30-23)32-18-2-3-22(29)21(28)14-18)15-25(24)38-19-4-7-33(8-5-19)9-6-26(35)34-10-12-37-13-11-34/h2-3,14-17,19H,4-13H2,1H3,(H,30,31,32). The SMILES string of the molecule is COc1cc2ncnc(Nc3ccc(F)c(Cl)c3)c2cc1OC1CCN(CCC(=O)N2CCOCC2)CC1. The van der Waals surface area contributed by atoms with E-state index in [2.05, 4.69) is 20.2 Å². The first kappa shape index (κ1) is 26.4. The number of rotatable bonds is 8. The van der Waals surface area contributed by atoms with Gasteiger partial charge in [0.2, 0.25) is 5.91 Å². The van der Waals surface area contributed by atoms with Gasteiger partial charge in [0.25, 0.3) is 0 Å². The van der Waals surface area contributed by atoms with Crippen molar-refractivity contribution in [3.05, 3.63) is 47.5 Å². The van der Waals surface area contributed by atoms with E-state index in [-0.39, 0.29) is 17.0 Å². The number of hydrogen-bond donors (Lipinski definition) is 1. The van der Waals surface area contributed by atoms with Crippen LogP contribution in [-0.4, -0.2) is 84.8 Å². The Morgan fingerprint density at radius 3 is 2.66 bits per heavy atom. The summed E-state index contributed by atoms with van der Waals surface area (Å²) in [6.45, 7) is 5.08. The average Bonchev–Trinajstić information content (AvgIpc) is 2.95. The van der Waals surface area contributed by atoms with Gasteiger partial charge in [0.05, 0.1) is 30.9 Å². The van der Waals surface area contributed by atoms with Crippen molar-refractivity contribution in [2.45, 2.75) is 25.4 Å². The van der Waals surface area contributed by atoms with Gasteiger partial charge in [-0.25, -0.2) is 14.4 Å². The molecule has 0 unspecified atom stereocenters. The second-order valence-corrected chi connectivity index (χ2v) is 9.81. The van der Waals surface area contributed by atoms with Crippen molar-refractivity contribution in [2.24, 2.45) is 0 Å². The Morgan fingerprint density at radius 1 is 1.13 bits per heavy atom. The van der Waals surface area contributed by atoms with Crippen LogP contribution in [0, 0.1) is 5.82 Å². The molecule has 3 aromatic rings. The maximum Gasteiger partial charge on any atom is 0.224 e. The Bertz CT molecular complexity index is 1280. The molecule has 1 aromatic heterocycles. The van der Waals surface area contributed by atoms with E-state index in [4.69, 9.17) is 25.8 Å². The molecule has 0 saturated carbocycles. The van der Waals surface area contributed by atoms with Crippen molar-refractivity contribution in [3.8, 4) is 11.5 Å². The van der Waals surface area contributed by atoms with E-state index in [0.717, 1.165) is 37.9 Å². The zero-order valence-corrected chi connectivity index (χ0v) is 22.0. The van der Waals surface area contributed by atoms with Gasteiger partial charge in [-0.1, -0.05) is 11.6 Å². The Balaban J connectivity index is 1.23. The number of halogens is 2. The van der Waals surface area contributed by atoms with E-state index in [9.17, 15) is 9.18 Å². The molecule has 0 bridgehead atoms. The van der Waals surface area contributed by atoms with Gasteiger partial charge in [-0.05, 0) is 37.1 Å². The van der Waals surface area contributed by atoms with Crippen LogP contribution in [-0.2, 0) is 9.53 Å². The van der Waals surface area contributed by atoms with E-state index in [0.29, 0.717) is 61.2 Å². The highest BCUT2D eigenvalue weighted by molar-refractivity contribution is 6.31. The van der Waals surface area contributed by atoms with Gasteiger partial charge in [-0.15, -0.1) is 0 Å². The lowest BCUT2D eigenvalue weighted by molar-refractivity contribution is -0.135. The molecule has 5 rings (SSSR count). The van der Waals surface area contributed by atoms with Crippen LogP contribution in [0.3, 0.4) is 0 Å². The fraction of sp³-hybridized carbons (Fsp3) is 0.444. The quantitative estimate of drug-likeness (QED) is 0.451. The van der Waals surface area contributed by atoms with Gasteiger partial charge in [0.15, 0.2) is 11.5 Å². The number of carbonyl (C=O) groups excluding carboxylic acids is 1. The minimum Gasteiger partial charge on any atom is -0.493 e. The molecular formula is C27H31ClFN5O4. The zero-order chi connectivity index (χ0) is 26.5. The van der Waals surface area contributed by atoms with Crippen molar-refractivity contribution in [1.82, 2.24) is 19.8 Å². The minimum absolute atomic E-state index is 0.0180. The lowest BCUT2D eigenvalue weighted by Crippen LogP contribution is -2.43. The number of nitrogens with one attached hydrogen (secondary N) is 1. The average molecular weight is 544 g/mol. The highest BCUT2D eigenvalue weighted by Crippen LogP contribution is 2.36. The second kappa shape index (κ2) is 12.1. The van der Waals surface area contributed by atoms with Crippen LogP contribution in [0.15, 0.2) is 36.7 Å². The van der Waals surface area contributed by atoms with Gasteiger partial charge in [-0.3, -0.25) is 4.79 Å². The van der Waals surface area contributed by atoms with Gasteiger partial charge in [0.1, 0.15) is 24.1 Å². The molecule has 0 spiro atoms. The van der Waals surface area contributed by atoms with Gasteiger partial charge in [-0.2, -0.15) is 0 Å². The maximum absolute atomic E-state index is 13.6. The summed E-state index contributed by atoms with van der Waals surface area (Å²) in [5, 5.41) is 3.96. The fourth-order valence-corrected chi connectivity index (χ4v) is 4.96. The number of methoxy groups -OCH3 is 1. The summed E-state index contributed by atoms with van der Waals surface area (Å²) >= 11 is 5.94. The molecule has 2 fully saturated rings. The number of ether oxygens (including phenoxy) is 3. The van der Waals surface area contributed by atoms with Gasteiger partial charge >= 0.3 is 0 Å². The molecule has 2 aliphatic rings. The van der Waals surface area contributed by atoms with Crippen LogP contribution in [0.25, 0.3) is 10.9 Å². The van der Waals surface area contributed by atoms with E-state index < -0.39 is 5.82 Å². The highest BCUT2D eigenvalue weighted by Gasteiger charge is 2.24. The number of morpholine rings is 1. The Hall–Kier alpha value is -3.21. The van der Waals surface area contributed by atoms with Crippen molar-refractivity contribution >= 4 is 39.9 Å². The molecule has 1 amide bonds. The Morgan fingerprint density at radius 2 is 1.92 bits per heavy atom. The molecule has 3 heterocycles. The van der Waals surface area contributed by atoms with Gasteiger partial charge < -0.3 is 29.3 Å². The Kier molecular flexibility index (Phi) is 8.41. The maximum atomic E-state index is 13.6. The van der Waals surface area contributed by atoms with E-state index >= 15 is 0 Å². The number of aromatic nitrogens is 2. The van der Waals surface area contributed by atoms with Crippen LogP contribution in [0.2, 0.25) is 5.02 Å². The number of amides is 1. The van der Waals surface area contributed by atoms with Crippen molar-refractivity contribution in [2.75, 3.05) is 58.4 Å². The number of anilines is 2. The van der Waals surface area contributed by atoms with Crippen LogP contribution in [0.1, 0.15) is 19.3 Å². The summed E-state index contributed by atoms with van der Waals surface area (Å²) in [5.74, 6) is 1.45. The van der Waals surface area contributed by atoms with E-state index in [1.54, 1.807) is 13.2 Å². The van der Waals surface area contributed by atoms with Crippen LogP contribution < -0.4 is 14.8 Å². The molecule has 9 nitrogen and oxygen atoms in total. The molecule has 0 radical (unpaired) electrons. The lowest BCUT2D eigenvalue weighted by Gasteiger charge is -2.33. The number of piperidine rings is 1. The summed E-state index contributed by atoms with van der Waals surface area (Å²) in [6, 6.07) is 8.10. The fourth-order valence-electron chi connectivity index (χ4n) is 4.78. The third-order valence-corrected chi connectivity index (χ3v) is 7.23. The van der Waals surface area contributed by atoms with E-state index in [1.165, 1.54) is 18.5 Å². The third kappa shape index (κ3) is 6.25. The second-order valence-electron chi connectivity index (χ2n) is 9.40. The third-order valence-electron chi connectivity index (χ3n) is 6.94. The number of likely N-dealkylation sites (tertiary alicyclic amines) is 1. The Labute approximate surface area is 225 Å². The first-order chi connectivity index (χ1) is 18.5. The molecule has 11 heteroatoms. The summed E-state index contributed by atoms with van der Waals surface area (Å²) in [6.07, 6.45) is 3.69. The summed E-state index contributed by atoms with van der Waals surface area (Å²) < 4.78 is 30.9. The van der Waals surface area contributed by atoms with Crippen molar-refractivity contribution < 1.29 is 23.4 Å². The number of carbonyl (C=O) groups is 1. The molecule has 1 N–H and O–H groups in total. The normalized spacial score (nSPS) is 17.0. The molecular weight excluding hydrogens is 513 g/mol. The first-order valence-corrected chi connectivity index (χ1v) is 13.2. The van der Waals surface area contributed by atoms with Gasteiger partial charge in [0, 0.05) is 56.3 Å². The molecule has 38 heavy (non-hydrogen) atoms. The predicted octanol–water partition coefficient (Wildman–Crippen LogP) is 4.27. The molecule has 2 aromatic carbocycles. The minimum atomic E-state index is -0.486. The molecule has 202 valence electrons. The van der Waals surface area contributed by atoms with Crippen LogP contribution >= 0.6 is 11.6 Å². The monoisotopic (exact) mass is 543 g/mol. The summed E-state index contributed by atoms with van der Waals surface area (Å²) in [4.78, 5) is 25.4. The zero-order valence-electron chi connectivity index (χ0n) is 21.3. The number of benzene rings is 2. The van der Waals surface area contributed by atoms with Crippen LogP contribution in [0.5, 0.6) is 11.5 Å². The first-order valence-electron chi connectivity index (χ1n) is 12.8. The van der Waals surface area contributed by atoms with Crippen molar-refractivity contribution in [1.29, 1.82) is 0 Å². The number of hydrogen-bond acceptors (Lipinski definition) is 8. The predicted molar refractivity (Wildman–Crippen MR) is 143 cm³/mol. The number of fused-ring (bicyclic) bond motifs is 1. The molecule has 2 aliphatic heterocycles. The van der Waals surface area contributed by atoms with Crippen LogP contribution in [0.4, 0.5) is 15.9 Å². The molecule has 0 aliphatic carbocycles. The molecule has 0 atom stereocenters. The van der Waals surface area contributed by atoms with Crippen molar-refractivity contribution in [3.63, 3.8) is 0 Å². The summed E-state index contributed by atoms with van der Waals surface area (Å²) in [5.41, 5.74) is 1.29. The highest BCUT2D eigenvalue weighted by atomic mass is 35.5. The number of nitrogens with zero attached hydrogens (tertiary/aromatic N) is 4. The van der Waals surface area contributed by atoms with E-state index in [1.807, 2.05) is 17.0 Å².